The Balaban J connectivity index is 1.73. The van der Waals surface area contributed by atoms with E-state index in [9.17, 15) is 0 Å². The average Bonchev–Trinajstić information content (AvgIpc) is 2.82. The fourth-order valence-electron chi connectivity index (χ4n) is 3.84. The summed E-state index contributed by atoms with van der Waals surface area (Å²) in [6.07, 6.45) is 13.1. The second-order valence-corrected chi connectivity index (χ2v) is 6.40. The average molecular weight is 261 g/mol. The molecule has 1 aliphatic carbocycles. The molecule has 1 saturated carbocycles. The lowest BCUT2D eigenvalue weighted by atomic mass is 9.82. The van der Waals surface area contributed by atoms with Crippen molar-refractivity contribution in [2.24, 2.45) is 13.0 Å². The second-order valence-electron chi connectivity index (χ2n) is 6.40. The fraction of sp³-hybridized carbons (Fsp3) is 0.812. The van der Waals surface area contributed by atoms with E-state index in [4.69, 9.17) is 0 Å². The Kier molecular flexibility index (Phi) is 4.21. The monoisotopic (exact) mass is 261 g/mol. The molecule has 3 nitrogen and oxygen atoms in total. The van der Waals surface area contributed by atoms with E-state index in [0.717, 1.165) is 11.8 Å². The highest BCUT2D eigenvalue weighted by Crippen LogP contribution is 2.35. The number of hydrogen-bond acceptors (Lipinski definition) is 2. The van der Waals surface area contributed by atoms with Crippen LogP contribution in [0.25, 0.3) is 0 Å². The summed E-state index contributed by atoms with van der Waals surface area (Å²) in [5.41, 5.74) is 3.10. The van der Waals surface area contributed by atoms with Crippen molar-refractivity contribution in [1.82, 2.24) is 15.1 Å². The summed E-state index contributed by atoms with van der Waals surface area (Å²) >= 11 is 0. The topological polar surface area (TPSA) is 29.9 Å². The Bertz CT molecular complexity index is 398. The highest BCUT2D eigenvalue weighted by Gasteiger charge is 2.23. The van der Waals surface area contributed by atoms with Crippen LogP contribution < -0.4 is 5.32 Å². The Morgan fingerprint density at radius 3 is 2.63 bits per heavy atom. The maximum atomic E-state index is 4.56. The van der Waals surface area contributed by atoms with Crippen LogP contribution in [0, 0.1) is 5.92 Å². The van der Waals surface area contributed by atoms with E-state index >= 15 is 0 Å². The summed E-state index contributed by atoms with van der Waals surface area (Å²) in [4.78, 5) is 0. The Morgan fingerprint density at radius 2 is 1.89 bits per heavy atom. The van der Waals surface area contributed by atoms with Crippen molar-refractivity contribution >= 4 is 0 Å². The van der Waals surface area contributed by atoms with E-state index in [0.29, 0.717) is 0 Å². The van der Waals surface area contributed by atoms with Gasteiger partial charge in [0.1, 0.15) is 0 Å². The van der Waals surface area contributed by atoms with Crippen molar-refractivity contribution in [2.75, 3.05) is 13.1 Å². The van der Waals surface area contributed by atoms with Gasteiger partial charge in [-0.1, -0.05) is 19.3 Å². The van der Waals surface area contributed by atoms with Gasteiger partial charge >= 0.3 is 0 Å². The minimum absolute atomic E-state index is 0.791. The van der Waals surface area contributed by atoms with Gasteiger partial charge in [-0.15, -0.1) is 0 Å². The van der Waals surface area contributed by atoms with E-state index < -0.39 is 0 Å². The summed E-state index contributed by atoms with van der Waals surface area (Å²) in [6.45, 7) is 2.39. The molecule has 3 rings (SSSR count). The molecule has 0 aromatic carbocycles. The first-order chi connectivity index (χ1) is 9.34. The molecule has 2 aliphatic rings. The van der Waals surface area contributed by atoms with Gasteiger partial charge < -0.3 is 5.32 Å². The van der Waals surface area contributed by atoms with Gasteiger partial charge in [0.15, 0.2) is 0 Å². The number of aromatic nitrogens is 2. The lowest BCUT2D eigenvalue weighted by molar-refractivity contribution is 0.362. The van der Waals surface area contributed by atoms with Crippen molar-refractivity contribution in [3.05, 3.63) is 17.5 Å². The largest absolute Gasteiger partial charge is 0.317 e. The molecule has 0 unspecified atom stereocenters. The van der Waals surface area contributed by atoms with Gasteiger partial charge in [-0.05, 0) is 62.6 Å². The quantitative estimate of drug-likeness (QED) is 0.906. The lowest BCUT2D eigenvalue weighted by Crippen LogP contribution is -2.29. The van der Waals surface area contributed by atoms with Gasteiger partial charge in [-0.25, -0.2) is 0 Å². The molecule has 106 valence electrons. The Hall–Kier alpha value is -0.830. The van der Waals surface area contributed by atoms with Crippen LogP contribution in [-0.4, -0.2) is 22.9 Å². The third-order valence-corrected chi connectivity index (χ3v) is 5.08. The molecule has 0 bridgehead atoms. The summed E-state index contributed by atoms with van der Waals surface area (Å²) in [7, 11) is 2.13. The van der Waals surface area contributed by atoms with Crippen molar-refractivity contribution in [1.29, 1.82) is 0 Å². The van der Waals surface area contributed by atoms with Crippen molar-refractivity contribution in [3.8, 4) is 0 Å². The lowest BCUT2D eigenvalue weighted by Gasteiger charge is -2.26. The smallest absolute Gasteiger partial charge is 0.0527 e. The van der Waals surface area contributed by atoms with Crippen LogP contribution in [0.3, 0.4) is 0 Å². The minimum atomic E-state index is 0.791. The molecule has 0 radical (unpaired) electrons. The summed E-state index contributed by atoms with van der Waals surface area (Å²) in [5, 5.41) is 8.02. The van der Waals surface area contributed by atoms with Gasteiger partial charge in [-0.2, -0.15) is 5.10 Å². The zero-order chi connectivity index (χ0) is 13.1. The molecule has 1 aromatic heterocycles. The van der Waals surface area contributed by atoms with Crippen molar-refractivity contribution < 1.29 is 0 Å². The number of hydrogen-bond donors (Lipinski definition) is 1. The molecule has 1 aliphatic heterocycles. The normalized spacial score (nSPS) is 22.8. The van der Waals surface area contributed by atoms with E-state index in [-0.39, 0.29) is 0 Å². The second kappa shape index (κ2) is 6.08. The van der Waals surface area contributed by atoms with Gasteiger partial charge in [0.05, 0.1) is 6.20 Å². The number of nitrogens with zero attached hydrogens (tertiary/aromatic N) is 2. The van der Waals surface area contributed by atoms with Gasteiger partial charge in [-0.3, -0.25) is 4.68 Å². The number of aryl methyl sites for hydroxylation is 1. The summed E-state index contributed by atoms with van der Waals surface area (Å²) in [5.74, 6) is 1.65. The zero-order valence-corrected chi connectivity index (χ0v) is 12.2. The molecule has 1 aromatic rings. The molecule has 1 N–H and O–H groups in total. The third-order valence-electron chi connectivity index (χ3n) is 5.08. The molecule has 2 fully saturated rings. The Morgan fingerprint density at radius 1 is 1.16 bits per heavy atom. The maximum Gasteiger partial charge on any atom is 0.0527 e. The predicted molar refractivity (Wildman–Crippen MR) is 78.3 cm³/mol. The summed E-state index contributed by atoms with van der Waals surface area (Å²) in [6, 6.07) is 0. The maximum absolute atomic E-state index is 4.56. The standard InChI is InChI=1S/C16H27N3/c1-19-16(11-13-7-9-17-10-8-13)15(12-18-19)14-5-3-2-4-6-14/h12-14,17H,2-11H2,1H3. The van der Waals surface area contributed by atoms with E-state index in [2.05, 4.69) is 28.3 Å². The highest BCUT2D eigenvalue weighted by atomic mass is 15.3. The third kappa shape index (κ3) is 3.02. The van der Waals surface area contributed by atoms with Gasteiger partial charge in [0.25, 0.3) is 0 Å². The first kappa shape index (κ1) is 13.2. The predicted octanol–water partition coefficient (Wildman–Crippen LogP) is 3.01. The van der Waals surface area contributed by atoms with Crippen LogP contribution >= 0.6 is 0 Å². The van der Waals surface area contributed by atoms with E-state index in [1.54, 1.807) is 5.56 Å². The van der Waals surface area contributed by atoms with Crippen LogP contribution in [0.1, 0.15) is 62.1 Å². The SMILES string of the molecule is Cn1ncc(C2CCCCC2)c1CC1CCNCC1. The first-order valence-electron chi connectivity index (χ1n) is 8.06. The van der Waals surface area contributed by atoms with Crippen LogP contribution in [-0.2, 0) is 13.5 Å². The number of nitrogens with one attached hydrogen (secondary N) is 1. The molecule has 19 heavy (non-hydrogen) atoms. The molecule has 2 heterocycles. The molecule has 3 heteroatoms. The molecule has 0 amide bonds. The van der Waals surface area contributed by atoms with E-state index in [1.807, 2.05) is 0 Å². The van der Waals surface area contributed by atoms with Gasteiger partial charge in [0, 0.05) is 12.7 Å². The molecule has 1 saturated heterocycles. The van der Waals surface area contributed by atoms with Crippen LogP contribution in [0.5, 0.6) is 0 Å². The van der Waals surface area contributed by atoms with Crippen LogP contribution in [0.15, 0.2) is 6.20 Å². The first-order valence-corrected chi connectivity index (χ1v) is 8.06. The highest BCUT2D eigenvalue weighted by molar-refractivity contribution is 5.23. The van der Waals surface area contributed by atoms with Crippen molar-refractivity contribution in [3.63, 3.8) is 0 Å². The molecular formula is C16H27N3. The summed E-state index contributed by atoms with van der Waals surface area (Å²) < 4.78 is 2.14. The Labute approximate surface area is 116 Å². The van der Waals surface area contributed by atoms with Crippen LogP contribution in [0.2, 0.25) is 0 Å². The van der Waals surface area contributed by atoms with E-state index in [1.165, 1.54) is 70.2 Å². The van der Waals surface area contributed by atoms with Crippen molar-refractivity contribution in [2.45, 2.75) is 57.3 Å². The van der Waals surface area contributed by atoms with Crippen LogP contribution in [0.4, 0.5) is 0 Å². The zero-order valence-electron chi connectivity index (χ0n) is 12.2. The number of piperidine rings is 1. The minimum Gasteiger partial charge on any atom is -0.317 e. The molecular weight excluding hydrogens is 234 g/mol. The van der Waals surface area contributed by atoms with Gasteiger partial charge in [0.2, 0.25) is 0 Å². The number of rotatable bonds is 3. The fourth-order valence-corrected chi connectivity index (χ4v) is 3.84. The molecule has 0 spiro atoms. The molecule has 0 atom stereocenters.